The molecule has 0 aliphatic carbocycles. The standard InChI is InChI=1S/C35H45NO9/c1-39-19-20-42-21-22-43-23-24-44-27-33(38)36-26-31(37)25-32(36)35(40-2,41-3)45-34(28-13-7-4-8-14-28,29-15-9-5-10-16-29)30-17-11-6-12-18-30/h4-18,31-32,37H,19-27H2,1-3H3. The van der Waals surface area contributed by atoms with Crippen LogP contribution in [0.3, 0.4) is 0 Å². The zero-order valence-corrected chi connectivity index (χ0v) is 26.3. The number of benzene rings is 3. The van der Waals surface area contributed by atoms with Crippen LogP contribution in [-0.4, -0.2) is 108 Å². The number of amides is 1. The van der Waals surface area contributed by atoms with Crippen molar-refractivity contribution in [3.63, 3.8) is 0 Å². The summed E-state index contributed by atoms with van der Waals surface area (Å²) in [5.74, 6) is -2.10. The van der Waals surface area contributed by atoms with Gasteiger partial charge in [0.15, 0.2) is 0 Å². The van der Waals surface area contributed by atoms with Gasteiger partial charge in [0, 0.05) is 34.3 Å². The average Bonchev–Trinajstić information content (AvgIpc) is 3.50. The number of carbonyl (C=O) groups excluding carboxylic acids is 1. The van der Waals surface area contributed by atoms with Crippen molar-refractivity contribution >= 4 is 5.91 Å². The minimum absolute atomic E-state index is 0.0784. The van der Waals surface area contributed by atoms with E-state index in [0.717, 1.165) is 16.7 Å². The molecule has 10 heteroatoms. The van der Waals surface area contributed by atoms with E-state index in [9.17, 15) is 9.90 Å². The van der Waals surface area contributed by atoms with Gasteiger partial charge in [0.2, 0.25) is 5.91 Å². The fourth-order valence-corrected chi connectivity index (χ4v) is 5.66. The van der Waals surface area contributed by atoms with Crippen LogP contribution in [0.15, 0.2) is 91.0 Å². The largest absolute Gasteiger partial charge is 0.391 e. The molecule has 1 N–H and O–H groups in total. The number of carbonyl (C=O) groups is 1. The van der Waals surface area contributed by atoms with E-state index in [1.54, 1.807) is 7.11 Å². The molecule has 1 heterocycles. The van der Waals surface area contributed by atoms with E-state index < -0.39 is 23.7 Å². The predicted molar refractivity (Wildman–Crippen MR) is 167 cm³/mol. The number of hydrogen-bond donors (Lipinski definition) is 1. The lowest BCUT2D eigenvalue weighted by Gasteiger charge is -2.47. The van der Waals surface area contributed by atoms with Crippen LogP contribution < -0.4 is 0 Å². The molecule has 10 nitrogen and oxygen atoms in total. The Morgan fingerprint density at radius 3 is 1.60 bits per heavy atom. The van der Waals surface area contributed by atoms with Crippen LogP contribution in [0.1, 0.15) is 23.1 Å². The van der Waals surface area contributed by atoms with Gasteiger partial charge in [0.25, 0.3) is 0 Å². The maximum atomic E-state index is 13.5. The van der Waals surface area contributed by atoms with Gasteiger partial charge in [-0.2, -0.15) is 0 Å². The lowest BCUT2D eigenvalue weighted by atomic mass is 9.80. The minimum atomic E-state index is -1.78. The van der Waals surface area contributed by atoms with E-state index in [-0.39, 0.29) is 32.1 Å². The quantitative estimate of drug-likeness (QED) is 0.122. The number of likely N-dealkylation sites (tertiary alicyclic amines) is 1. The number of aliphatic hydroxyl groups excluding tert-OH is 1. The van der Waals surface area contributed by atoms with Gasteiger partial charge in [0.1, 0.15) is 18.2 Å². The summed E-state index contributed by atoms with van der Waals surface area (Å²) in [6.07, 6.45) is -0.637. The summed E-state index contributed by atoms with van der Waals surface area (Å²) in [4.78, 5) is 15.1. The zero-order valence-electron chi connectivity index (χ0n) is 26.3. The third-order valence-electron chi connectivity index (χ3n) is 7.81. The van der Waals surface area contributed by atoms with E-state index in [1.165, 1.54) is 19.1 Å². The molecule has 0 aromatic heterocycles. The van der Waals surface area contributed by atoms with Gasteiger partial charge in [0.05, 0.1) is 45.7 Å². The van der Waals surface area contributed by atoms with Crippen molar-refractivity contribution in [3.05, 3.63) is 108 Å². The summed E-state index contributed by atoms with van der Waals surface area (Å²) in [6, 6.07) is 28.7. The molecule has 0 radical (unpaired) electrons. The van der Waals surface area contributed by atoms with Crippen molar-refractivity contribution in [2.45, 2.75) is 30.1 Å². The summed E-state index contributed by atoms with van der Waals surface area (Å²) in [5, 5.41) is 10.8. The Hall–Kier alpha value is -3.19. The van der Waals surface area contributed by atoms with E-state index in [1.807, 2.05) is 91.0 Å². The van der Waals surface area contributed by atoms with Gasteiger partial charge in [-0.25, -0.2) is 0 Å². The Morgan fingerprint density at radius 2 is 1.16 bits per heavy atom. The van der Waals surface area contributed by atoms with Gasteiger partial charge in [-0.3, -0.25) is 4.79 Å². The number of ether oxygens (including phenoxy) is 7. The third-order valence-corrected chi connectivity index (χ3v) is 7.81. The van der Waals surface area contributed by atoms with E-state index in [2.05, 4.69) is 0 Å². The maximum absolute atomic E-state index is 13.5. The minimum Gasteiger partial charge on any atom is -0.391 e. The van der Waals surface area contributed by atoms with Crippen LogP contribution >= 0.6 is 0 Å². The van der Waals surface area contributed by atoms with Crippen molar-refractivity contribution < 1.29 is 43.1 Å². The molecule has 3 aromatic carbocycles. The topological polar surface area (TPSA) is 105 Å². The smallest absolute Gasteiger partial charge is 0.305 e. The van der Waals surface area contributed by atoms with Crippen molar-refractivity contribution in [1.82, 2.24) is 4.90 Å². The van der Waals surface area contributed by atoms with Crippen molar-refractivity contribution in [2.24, 2.45) is 0 Å². The van der Waals surface area contributed by atoms with Gasteiger partial charge in [-0.1, -0.05) is 91.0 Å². The lowest BCUT2D eigenvalue weighted by Crippen LogP contribution is -2.59. The second kappa shape index (κ2) is 17.5. The first kappa shape index (κ1) is 34.7. The lowest BCUT2D eigenvalue weighted by molar-refractivity contribution is -0.405. The molecule has 2 atom stereocenters. The highest BCUT2D eigenvalue weighted by Crippen LogP contribution is 2.46. The Balaban J connectivity index is 1.57. The number of hydrogen-bond acceptors (Lipinski definition) is 9. The van der Waals surface area contributed by atoms with Crippen LogP contribution in [0.5, 0.6) is 0 Å². The van der Waals surface area contributed by atoms with Crippen LogP contribution in [0.4, 0.5) is 0 Å². The molecule has 0 bridgehead atoms. The van der Waals surface area contributed by atoms with Crippen molar-refractivity contribution in [1.29, 1.82) is 0 Å². The summed E-state index contributed by atoms with van der Waals surface area (Å²) >= 11 is 0. The SMILES string of the molecule is COCCOCCOCCOCC(=O)N1CC(O)CC1C(OC)(OC)OC(c1ccccc1)(c1ccccc1)c1ccccc1. The number of β-amino-alcohol motifs (C(OH)–C–C–N with tert-alkyl or cyclic N) is 1. The van der Waals surface area contributed by atoms with Crippen molar-refractivity contribution in [2.75, 3.05) is 74.1 Å². The number of aliphatic hydroxyl groups is 1. The molecule has 0 saturated carbocycles. The Labute approximate surface area is 265 Å². The maximum Gasteiger partial charge on any atom is 0.305 e. The third kappa shape index (κ3) is 8.55. The molecule has 2 unspecified atom stereocenters. The molecule has 4 rings (SSSR count). The molecular weight excluding hydrogens is 578 g/mol. The van der Waals surface area contributed by atoms with Gasteiger partial charge >= 0.3 is 5.97 Å². The molecule has 1 amide bonds. The summed E-state index contributed by atoms with van der Waals surface area (Å²) in [6.45, 7) is 2.30. The van der Waals surface area contributed by atoms with Crippen LogP contribution in [0.2, 0.25) is 0 Å². The highest BCUT2D eigenvalue weighted by Gasteiger charge is 2.56. The first-order valence-corrected chi connectivity index (χ1v) is 15.2. The molecule has 0 spiro atoms. The normalized spacial score (nSPS) is 17.1. The average molecular weight is 624 g/mol. The van der Waals surface area contributed by atoms with Crippen molar-refractivity contribution in [3.8, 4) is 0 Å². The van der Waals surface area contributed by atoms with Crippen LogP contribution in [0.25, 0.3) is 0 Å². The first-order chi connectivity index (χ1) is 22.0. The van der Waals surface area contributed by atoms with Crippen LogP contribution in [-0.2, 0) is 43.6 Å². The molecular formula is C35H45NO9. The predicted octanol–water partition coefficient (Wildman–Crippen LogP) is 3.60. The second-order valence-corrected chi connectivity index (χ2v) is 10.6. The monoisotopic (exact) mass is 623 g/mol. The molecule has 1 saturated heterocycles. The number of nitrogens with zero attached hydrogens (tertiary/aromatic N) is 1. The Bertz CT molecular complexity index is 1160. The fourth-order valence-electron chi connectivity index (χ4n) is 5.66. The summed E-state index contributed by atoms with van der Waals surface area (Å²) < 4.78 is 40.8. The second-order valence-electron chi connectivity index (χ2n) is 10.6. The number of methoxy groups -OCH3 is 3. The fraction of sp³-hybridized carbons (Fsp3) is 0.457. The summed E-state index contributed by atoms with van der Waals surface area (Å²) in [7, 11) is 4.58. The highest BCUT2D eigenvalue weighted by molar-refractivity contribution is 5.78. The first-order valence-electron chi connectivity index (χ1n) is 15.2. The highest BCUT2D eigenvalue weighted by atomic mass is 16.9. The summed E-state index contributed by atoms with van der Waals surface area (Å²) in [5.41, 5.74) is 1.30. The molecule has 45 heavy (non-hydrogen) atoms. The van der Waals surface area contributed by atoms with E-state index in [4.69, 9.17) is 33.2 Å². The van der Waals surface area contributed by atoms with Gasteiger partial charge < -0.3 is 43.2 Å². The van der Waals surface area contributed by atoms with Crippen LogP contribution in [0, 0.1) is 0 Å². The molecule has 244 valence electrons. The molecule has 1 aliphatic heterocycles. The molecule has 1 fully saturated rings. The Morgan fingerprint density at radius 1 is 0.711 bits per heavy atom. The zero-order chi connectivity index (χ0) is 32.0. The molecule has 1 aliphatic rings. The molecule has 3 aromatic rings. The van der Waals surface area contributed by atoms with Gasteiger partial charge in [-0.05, 0) is 16.7 Å². The van der Waals surface area contributed by atoms with E-state index in [0.29, 0.717) is 33.0 Å². The van der Waals surface area contributed by atoms with E-state index >= 15 is 0 Å². The van der Waals surface area contributed by atoms with Gasteiger partial charge in [-0.15, -0.1) is 0 Å². The number of rotatable bonds is 19. The Kier molecular flexibility index (Phi) is 13.5.